The summed E-state index contributed by atoms with van der Waals surface area (Å²) < 4.78 is 5.65. The van der Waals surface area contributed by atoms with Crippen molar-refractivity contribution in [2.24, 2.45) is 0 Å². The smallest absolute Gasteiger partial charge is 0.280 e. The van der Waals surface area contributed by atoms with Crippen molar-refractivity contribution in [1.29, 1.82) is 0 Å². The Labute approximate surface area is 182 Å². The average Bonchev–Trinajstić information content (AvgIpc) is 3.33. The fraction of sp³-hybridized carbons (Fsp3) is 0.333. The van der Waals surface area contributed by atoms with Crippen molar-refractivity contribution in [3.05, 3.63) is 71.0 Å². The van der Waals surface area contributed by atoms with E-state index in [0.29, 0.717) is 11.4 Å². The first-order chi connectivity index (χ1) is 14.8. The Bertz CT molecular complexity index is 1100. The van der Waals surface area contributed by atoms with Gasteiger partial charge in [-0.3, -0.25) is 14.8 Å². The second kappa shape index (κ2) is 7.74. The van der Waals surface area contributed by atoms with E-state index < -0.39 is 11.5 Å². The number of fused-ring (bicyclic) bond motifs is 1. The summed E-state index contributed by atoms with van der Waals surface area (Å²) >= 11 is 0. The molecule has 0 spiro atoms. The summed E-state index contributed by atoms with van der Waals surface area (Å²) in [6.45, 7) is 3.78. The van der Waals surface area contributed by atoms with Crippen molar-refractivity contribution in [3.8, 4) is 5.75 Å². The molecule has 0 fully saturated rings. The van der Waals surface area contributed by atoms with Gasteiger partial charge in [0.15, 0.2) is 5.69 Å². The molecule has 0 saturated heterocycles. The third kappa shape index (κ3) is 3.35. The molecular formula is C24H28N4O3. The molecule has 1 aliphatic rings. The van der Waals surface area contributed by atoms with Crippen LogP contribution >= 0.6 is 0 Å². The number of carbonyl (C=O) groups is 1. The molecule has 0 radical (unpaired) electrons. The van der Waals surface area contributed by atoms with Crippen LogP contribution in [0.3, 0.4) is 0 Å². The zero-order chi connectivity index (χ0) is 22.3. The number of methoxy groups -OCH3 is 1. The number of nitrogens with zero attached hydrogens (tertiary/aromatic N) is 3. The molecule has 1 amide bonds. The fourth-order valence-electron chi connectivity index (χ4n) is 4.10. The van der Waals surface area contributed by atoms with Crippen molar-refractivity contribution in [2.45, 2.75) is 25.3 Å². The van der Waals surface area contributed by atoms with E-state index in [2.05, 4.69) is 10.2 Å². The summed E-state index contributed by atoms with van der Waals surface area (Å²) in [6, 6.07) is 15.1. The zero-order valence-corrected chi connectivity index (χ0v) is 18.5. The molecule has 1 aliphatic heterocycles. The van der Waals surface area contributed by atoms with Crippen molar-refractivity contribution >= 4 is 17.3 Å². The number of anilines is 2. The van der Waals surface area contributed by atoms with Gasteiger partial charge >= 0.3 is 0 Å². The second-order valence-corrected chi connectivity index (χ2v) is 8.63. The van der Waals surface area contributed by atoms with Crippen LogP contribution in [0.15, 0.2) is 48.5 Å². The quantitative estimate of drug-likeness (QED) is 0.638. The maximum Gasteiger partial charge on any atom is 0.280 e. The predicted octanol–water partition coefficient (Wildman–Crippen LogP) is 3.50. The van der Waals surface area contributed by atoms with E-state index in [1.165, 1.54) is 0 Å². The van der Waals surface area contributed by atoms with Crippen LogP contribution in [-0.2, 0) is 5.41 Å². The Morgan fingerprint density at radius 3 is 2.45 bits per heavy atom. The molecule has 7 heteroatoms. The van der Waals surface area contributed by atoms with Crippen LogP contribution in [0.1, 0.15) is 47.2 Å². The summed E-state index contributed by atoms with van der Waals surface area (Å²) in [6.07, 6.45) is 0. The number of aromatic amines is 1. The van der Waals surface area contributed by atoms with Gasteiger partial charge in [0, 0.05) is 47.7 Å². The highest BCUT2D eigenvalue weighted by Gasteiger charge is 2.46. The highest BCUT2D eigenvalue weighted by Crippen LogP contribution is 2.47. The van der Waals surface area contributed by atoms with Gasteiger partial charge in [-0.1, -0.05) is 32.0 Å². The Hall–Kier alpha value is -3.32. The number of H-pyrrole nitrogens is 1. The first kappa shape index (κ1) is 20.9. The lowest BCUT2D eigenvalue weighted by Gasteiger charge is -2.30. The van der Waals surface area contributed by atoms with E-state index in [1.54, 1.807) is 12.0 Å². The lowest BCUT2D eigenvalue weighted by atomic mass is 9.84. The minimum Gasteiger partial charge on any atom is -0.496 e. The summed E-state index contributed by atoms with van der Waals surface area (Å²) in [5, 5.41) is 17.4. The largest absolute Gasteiger partial charge is 0.496 e. The van der Waals surface area contributed by atoms with Gasteiger partial charge < -0.3 is 14.7 Å². The predicted molar refractivity (Wildman–Crippen MR) is 121 cm³/mol. The van der Waals surface area contributed by atoms with Crippen LogP contribution in [-0.4, -0.2) is 49.0 Å². The van der Waals surface area contributed by atoms with Gasteiger partial charge in [-0.15, -0.1) is 0 Å². The standard InChI is InChI=1S/C24H28N4O3/c1-24(2,14-29)22-19-20(25-26-22)23(30)28(16-12-10-15(11-13-16)27(3)4)21(19)17-8-6-7-9-18(17)31-5/h6-13,21,29H,14H2,1-5H3,(H,25,26). The SMILES string of the molecule is COc1ccccc1C1c2c(n[nH]c2C(C)(C)CO)C(=O)N1c1ccc(N(C)C)cc1. The topological polar surface area (TPSA) is 81.7 Å². The highest BCUT2D eigenvalue weighted by atomic mass is 16.5. The van der Waals surface area contributed by atoms with Crippen molar-refractivity contribution in [2.75, 3.05) is 37.6 Å². The molecule has 3 aromatic rings. The van der Waals surface area contributed by atoms with Gasteiger partial charge in [-0.25, -0.2) is 0 Å². The summed E-state index contributed by atoms with van der Waals surface area (Å²) in [5.41, 5.74) is 4.01. The third-order valence-corrected chi connectivity index (χ3v) is 5.91. The number of nitrogens with one attached hydrogen (secondary N) is 1. The van der Waals surface area contributed by atoms with Gasteiger partial charge in [-0.2, -0.15) is 5.10 Å². The van der Waals surface area contributed by atoms with Crippen LogP contribution < -0.4 is 14.5 Å². The molecule has 1 atom stereocenters. The number of aliphatic hydroxyl groups excluding tert-OH is 1. The maximum atomic E-state index is 13.6. The number of aromatic nitrogens is 2. The molecule has 1 unspecified atom stereocenters. The van der Waals surface area contributed by atoms with Crippen LogP contribution in [0.5, 0.6) is 5.75 Å². The van der Waals surface area contributed by atoms with E-state index in [-0.39, 0.29) is 12.5 Å². The van der Waals surface area contributed by atoms with Gasteiger partial charge in [0.25, 0.3) is 5.91 Å². The Balaban J connectivity index is 1.93. The van der Waals surface area contributed by atoms with Gasteiger partial charge in [0.1, 0.15) is 5.75 Å². The van der Waals surface area contributed by atoms with Gasteiger partial charge in [-0.05, 0) is 30.3 Å². The summed E-state index contributed by atoms with van der Waals surface area (Å²) in [7, 11) is 5.58. The summed E-state index contributed by atoms with van der Waals surface area (Å²) in [4.78, 5) is 17.3. The maximum absolute atomic E-state index is 13.6. The molecule has 2 N–H and O–H groups in total. The summed E-state index contributed by atoms with van der Waals surface area (Å²) in [5.74, 6) is 0.511. The van der Waals surface area contributed by atoms with Crippen LogP contribution in [0, 0.1) is 0 Å². The molecule has 7 nitrogen and oxygen atoms in total. The number of para-hydroxylation sites is 1. The number of aliphatic hydroxyl groups is 1. The van der Waals surface area contributed by atoms with Crippen LogP contribution in [0.4, 0.5) is 11.4 Å². The molecule has 0 aliphatic carbocycles. The number of rotatable bonds is 6. The zero-order valence-electron chi connectivity index (χ0n) is 18.5. The number of carbonyl (C=O) groups excluding carboxylic acids is 1. The van der Waals surface area contributed by atoms with Crippen molar-refractivity contribution in [3.63, 3.8) is 0 Å². The lowest BCUT2D eigenvalue weighted by Crippen LogP contribution is -2.31. The Morgan fingerprint density at radius 2 is 1.84 bits per heavy atom. The molecule has 2 aromatic carbocycles. The molecular weight excluding hydrogens is 392 g/mol. The molecule has 31 heavy (non-hydrogen) atoms. The van der Waals surface area contributed by atoms with E-state index in [4.69, 9.17) is 4.74 Å². The number of hydrogen-bond donors (Lipinski definition) is 2. The number of benzene rings is 2. The van der Waals surface area contributed by atoms with E-state index in [0.717, 1.165) is 28.2 Å². The van der Waals surface area contributed by atoms with Crippen molar-refractivity contribution < 1.29 is 14.6 Å². The van der Waals surface area contributed by atoms with Gasteiger partial charge in [0.2, 0.25) is 0 Å². The Morgan fingerprint density at radius 1 is 1.16 bits per heavy atom. The van der Waals surface area contributed by atoms with Crippen LogP contribution in [0.2, 0.25) is 0 Å². The first-order valence-corrected chi connectivity index (χ1v) is 10.2. The molecule has 162 valence electrons. The van der Waals surface area contributed by atoms with Gasteiger partial charge in [0.05, 0.1) is 19.8 Å². The normalized spacial score (nSPS) is 15.9. The van der Waals surface area contributed by atoms with Crippen LogP contribution in [0.25, 0.3) is 0 Å². The fourth-order valence-corrected chi connectivity index (χ4v) is 4.10. The number of hydrogen-bond acceptors (Lipinski definition) is 5. The number of ether oxygens (including phenoxy) is 1. The average molecular weight is 421 g/mol. The molecule has 1 aromatic heterocycles. The van der Waals surface area contributed by atoms with E-state index in [1.807, 2.05) is 81.4 Å². The minimum atomic E-state index is -0.591. The molecule has 2 heterocycles. The first-order valence-electron chi connectivity index (χ1n) is 10.2. The molecule has 4 rings (SSSR count). The third-order valence-electron chi connectivity index (χ3n) is 5.91. The lowest BCUT2D eigenvalue weighted by molar-refractivity contribution is 0.0988. The molecule has 0 saturated carbocycles. The second-order valence-electron chi connectivity index (χ2n) is 8.63. The van der Waals surface area contributed by atoms with Crippen molar-refractivity contribution in [1.82, 2.24) is 10.2 Å². The minimum absolute atomic E-state index is 0.0774. The van der Waals surface area contributed by atoms with E-state index in [9.17, 15) is 9.90 Å². The van der Waals surface area contributed by atoms with E-state index >= 15 is 0 Å². The highest BCUT2D eigenvalue weighted by molar-refractivity contribution is 6.11. The number of amides is 1. The monoisotopic (exact) mass is 420 g/mol. The Kier molecular flexibility index (Phi) is 5.23. The molecule has 0 bridgehead atoms.